The number of hydrogen-bond donors (Lipinski definition) is 2. The number of nitrogens with zero attached hydrogens (tertiary/aromatic N) is 2. The third kappa shape index (κ3) is 5.42. The Hall–Kier alpha value is -1.37. The summed E-state index contributed by atoms with van der Waals surface area (Å²) in [5.41, 5.74) is 5.88. The Labute approximate surface area is 117 Å². The summed E-state index contributed by atoms with van der Waals surface area (Å²) in [5.74, 6) is 0.00653. The number of ether oxygens (including phenoxy) is 1. The average molecular weight is 287 g/mol. The summed E-state index contributed by atoms with van der Waals surface area (Å²) in [6.07, 6.45) is 1.41. The summed E-state index contributed by atoms with van der Waals surface area (Å²) in [4.78, 5) is 17.7. The van der Waals surface area contributed by atoms with Crippen LogP contribution in [-0.4, -0.2) is 56.2 Å². The topological polar surface area (TPSA) is 80.5 Å². The number of hydrogen-bond acceptors (Lipinski definition) is 5. The van der Waals surface area contributed by atoms with E-state index in [1.165, 1.54) is 12.3 Å². The Morgan fingerprint density at radius 2 is 2.32 bits per heavy atom. The maximum atomic E-state index is 11.8. The molecule has 0 aliphatic rings. The highest BCUT2D eigenvalue weighted by atomic mass is 35.5. The number of nitrogens with one attached hydrogen (secondary N) is 1. The van der Waals surface area contributed by atoms with Crippen molar-refractivity contribution in [2.24, 2.45) is 0 Å². The van der Waals surface area contributed by atoms with Crippen molar-refractivity contribution in [2.45, 2.75) is 0 Å². The summed E-state index contributed by atoms with van der Waals surface area (Å²) in [7, 11) is 3.63. The van der Waals surface area contributed by atoms with E-state index in [-0.39, 0.29) is 16.7 Å². The Morgan fingerprint density at radius 1 is 1.58 bits per heavy atom. The van der Waals surface area contributed by atoms with Crippen LogP contribution in [0.1, 0.15) is 10.4 Å². The van der Waals surface area contributed by atoms with E-state index in [0.29, 0.717) is 18.7 Å². The first-order valence-corrected chi connectivity index (χ1v) is 6.29. The average Bonchev–Trinajstić information content (AvgIpc) is 2.39. The lowest BCUT2D eigenvalue weighted by molar-refractivity contribution is 0.0947. The highest BCUT2D eigenvalue weighted by Gasteiger charge is 2.08. The second-order valence-electron chi connectivity index (χ2n) is 4.14. The minimum Gasteiger partial charge on any atom is -0.383 e. The molecule has 0 fully saturated rings. The van der Waals surface area contributed by atoms with E-state index in [9.17, 15) is 4.79 Å². The lowest BCUT2D eigenvalue weighted by Gasteiger charge is -2.16. The minimum atomic E-state index is -0.213. The van der Waals surface area contributed by atoms with Crippen molar-refractivity contribution in [2.75, 3.05) is 46.1 Å². The number of likely N-dealkylation sites (N-methyl/N-ethyl adjacent to an activating group) is 1. The number of nitrogen functional groups attached to an aromatic ring is 1. The predicted octanol–water partition coefficient (Wildman–Crippen LogP) is 0.625. The molecule has 0 atom stereocenters. The Morgan fingerprint density at radius 3 is 2.95 bits per heavy atom. The molecule has 19 heavy (non-hydrogen) atoms. The zero-order chi connectivity index (χ0) is 14.3. The molecule has 0 radical (unpaired) electrons. The normalized spacial score (nSPS) is 10.7. The summed E-state index contributed by atoms with van der Waals surface area (Å²) in [6.45, 7) is 2.77. The number of carbonyl (C=O) groups excluding carboxylic acids is 1. The molecular weight excluding hydrogens is 268 g/mol. The number of nitrogens with two attached hydrogens (primary N) is 1. The second kappa shape index (κ2) is 7.93. The maximum absolute atomic E-state index is 11.8. The molecule has 3 N–H and O–H groups in total. The van der Waals surface area contributed by atoms with Crippen molar-refractivity contribution in [1.82, 2.24) is 15.2 Å². The lowest BCUT2D eigenvalue weighted by atomic mass is 10.2. The van der Waals surface area contributed by atoms with Gasteiger partial charge in [-0.1, -0.05) is 11.6 Å². The van der Waals surface area contributed by atoms with Gasteiger partial charge < -0.3 is 20.7 Å². The zero-order valence-electron chi connectivity index (χ0n) is 11.1. The van der Waals surface area contributed by atoms with Crippen LogP contribution in [0, 0.1) is 0 Å². The van der Waals surface area contributed by atoms with Gasteiger partial charge in [-0.15, -0.1) is 0 Å². The summed E-state index contributed by atoms with van der Waals surface area (Å²) < 4.78 is 4.97. The van der Waals surface area contributed by atoms with Crippen LogP contribution in [0.3, 0.4) is 0 Å². The fraction of sp³-hybridized carbons (Fsp3) is 0.500. The van der Waals surface area contributed by atoms with E-state index in [1.54, 1.807) is 7.11 Å². The SMILES string of the molecule is COCCN(C)CCNC(=O)c1cnc(N)c(Cl)c1. The fourth-order valence-electron chi connectivity index (χ4n) is 1.39. The Kier molecular flexibility index (Phi) is 6.55. The van der Waals surface area contributed by atoms with Crippen molar-refractivity contribution in [3.63, 3.8) is 0 Å². The van der Waals surface area contributed by atoms with E-state index < -0.39 is 0 Å². The molecule has 0 saturated carbocycles. The molecule has 1 heterocycles. The van der Waals surface area contributed by atoms with Crippen LogP contribution in [0.4, 0.5) is 5.82 Å². The number of methoxy groups -OCH3 is 1. The number of carbonyl (C=O) groups is 1. The van der Waals surface area contributed by atoms with Gasteiger partial charge in [-0.2, -0.15) is 0 Å². The number of aromatic nitrogens is 1. The van der Waals surface area contributed by atoms with Gasteiger partial charge in [0.05, 0.1) is 17.2 Å². The van der Waals surface area contributed by atoms with E-state index in [1.807, 2.05) is 7.05 Å². The summed E-state index contributed by atoms with van der Waals surface area (Å²) in [6, 6.07) is 1.51. The number of halogens is 1. The van der Waals surface area contributed by atoms with E-state index in [4.69, 9.17) is 22.1 Å². The fourth-order valence-corrected chi connectivity index (χ4v) is 1.56. The van der Waals surface area contributed by atoms with Crippen LogP contribution in [0.15, 0.2) is 12.3 Å². The van der Waals surface area contributed by atoms with Crippen LogP contribution in [0.5, 0.6) is 0 Å². The summed E-state index contributed by atoms with van der Waals surface area (Å²) >= 11 is 5.81. The number of rotatable bonds is 7. The molecule has 0 aliphatic heterocycles. The predicted molar refractivity (Wildman–Crippen MR) is 75.4 cm³/mol. The first kappa shape index (κ1) is 15.7. The highest BCUT2D eigenvalue weighted by Crippen LogP contribution is 2.16. The molecular formula is C12H19ClN4O2. The molecule has 1 aromatic heterocycles. The third-order valence-corrected chi connectivity index (χ3v) is 2.89. The van der Waals surface area contributed by atoms with Gasteiger partial charge in [-0.25, -0.2) is 4.98 Å². The van der Waals surface area contributed by atoms with Crippen LogP contribution in [-0.2, 0) is 4.74 Å². The quantitative estimate of drug-likeness (QED) is 0.768. The number of amides is 1. The maximum Gasteiger partial charge on any atom is 0.252 e. The van der Waals surface area contributed by atoms with Gasteiger partial charge in [0.1, 0.15) is 5.82 Å². The van der Waals surface area contributed by atoms with Crippen molar-refractivity contribution in [3.8, 4) is 0 Å². The van der Waals surface area contributed by atoms with Crippen molar-refractivity contribution in [3.05, 3.63) is 22.8 Å². The molecule has 1 amide bonds. The van der Waals surface area contributed by atoms with E-state index in [2.05, 4.69) is 15.2 Å². The summed E-state index contributed by atoms with van der Waals surface area (Å²) in [5, 5.41) is 3.07. The first-order valence-electron chi connectivity index (χ1n) is 5.91. The Balaban J connectivity index is 2.37. The molecule has 0 aromatic carbocycles. The van der Waals surface area contributed by atoms with Crippen molar-refractivity contribution < 1.29 is 9.53 Å². The molecule has 0 saturated heterocycles. The van der Waals surface area contributed by atoms with Crippen LogP contribution in [0.2, 0.25) is 5.02 Å². The second-order valence-corrected chi connectivity index (χ2v) is 4.55. The standard InChI is InChI=1S/C12H19ClN4O2/c1-17(5-6-19-2)4-3-15-12(18)9-7-10(13)11(14)16-8-9/h7-8H,3-6H2,1-2H3,(H2,14,16)(H,15,18). The van der Waals surface area contributed by atoms with Crippen LogP contribution >= 0.6 is 11.6 Å². The van der Waals surface area contributed by atoms with Gasteiger partial charge in [-0.3, -0.25) is 4.79 Å². The smallest absolute Gasteiger partial charge is 0.252 e. The van der Waals surface area contributed by atoms with Gasteiger partial charge in [0.15, 0.2) is 0 Å². The van der Waals surface area contributed by atoms with Crippen LogP contribution in [0.25, 0.3) is 0 Å². The molecule has 1 rings (SSSR count). The Bertz CT molecular complexity index is 428. The lowest BCUT2D eigenvalue weighted by Crippen LogP contribution is -2.34. The minimum absolute atomic E-state index is 0.213. The monoisotopic (exact) mass is 286 g/mol. The molecule has 0 unspecified atom stereocenters. The van der Waals surface area contributed by atoms with Crippen molar-refractivity contribution in [1.29, 1.82) is 0 Å². The molecule has 0 bridgehead atoms. The number of anilines is 1. The largest absolute Gasteiger partial charge is 0.383 e. The molecule has 6 nitrogen and oxygen atoms in total. The van der Waals surface area contributed by atoms with E-state index in [0.717, 1.165) is 13.1 Å². The molecule has 106 valence electrons. The molecule has 0 spiro atoms. The molecule has 0 aliphatic carbocycles. The number of pyridine rings is 1. The van der Waals surface area contributed by atoms with E-state index >= 15 is 0 Å². The van der Waals surface area contributed by atoms with Crippen molar-refractivity contribution >= 4 is 23.3 Å². The van der Waals surface area contributed by atoms with Gasteiger partial charge in [0.25, 0.3) is 5.91 Å². The highest BCUT2D eigenvalue weighted by molar-refractivity contribution is 6.33. The molecule has 7 heteroatoms. The third-order valence-electron chi connectivity index (χ3n) is 2.59. The zero-order valence-corrected chi connectivity index (χ0v) is 11.9. The van der Waals surface area contributed by atoms with Gasteiger partial charge in [0, 0.05) is 32.9 Å². The van der Waals surface area contributed by atoms with Crippen LogP contribution < -0.4 is 11.1 Å². The molecule has 1 aromatic rings. The van der Waals surface area contributed by atoms with Gasteiger partial charge in [0.2, 0.25) is 0 Å². The first-order chi connectivity index (χ1) is 9.04. The van der Waals surface area contributed by atoms with Gasteiger partial charge in [-0.05, 0) is 13.1 Å². The van der Waals surface area contributed by atoms with Gasteiger partial charge >= 0.3 is 0 Å².